The Bertz CT molecular complexity index is 729. The summed E-state index contributed by atoms with van der Waals surface area (Å²) < 4.78 is 19.1. The third-order valence-electron chi connectivity index (χ3n) is 3.71. The SMILES string of the molecule is N#Cc1cc(Cl)ccc1N1CCOC(c2cccc(F)c2)C1. The normalized spacial score (nSPS) is 18.0. The molecule has 1 heterocycles. The van der Waals surface area contributed by atoms with E-state index < -0.39 is 0 Å². The fraction of sp³-hybridized carbons (Fsp3) is 0.235. The van der Waals surface area contributed by atoms with Gasteiger partial charge in [0.1, 0.15) is 18.0 Å². The molecule has 1 aliphatic rings. The minimum absolute atomic E-state index is 0.216. The molecule has 0 amide bonds. The lowest BCUT2D eigenvalue weighted by atomic mass is 10.1. The van der Waals surface area contributed by atoms with Gasteiger partial charge in [0.2, 0.25) is 0 Å². The minimum Gasteiger partial charge on any atom is -0.370 e. The number of anilines is 1. The summed E-state index contributed by atoms with van der Waals surface area (Å²) in [5.74, 6) is -0.276. The summed E-state index contributed by atoms with van der Waals surface area (Å²) in [6, 6.07) is 13.9. The third-order valence-corrected chi connectivity index (χ3v) is 3.94. The predicted octanol–water partition coefficient (Wildman–Crippen LogP) is 3.93. The second-order valence-corrected chi connectivity index (χ2v) is 5.57. The van der Waals surface area contributed by atoms with Crippen molar-refractivity contribution in [1.82, 2.24) is 0 Å². The van der Waals surface area contributed by atoms with Gasteiger partial charge in [-0.1, -0.05) is 23.7 Å². The van der Waals surface area contributed by atoms with E-state index in [1.165, 1.54) is 12.1 Å². The number of rotatable bonds is 2. The summed E-state index contributed by atoms with van der Waals surface area (Å²) in [5, 5.41) is 9.81. The maximum Gasteiger partial charge on any atom is 0.123 e. The first-order chi connectivity index (χ1) is 10.7. The average molecular weight is 317 g/mol. The van der Waals surface area contributed by atoms with Crippen LogP contribution in [0, 0.1) is 17.1 Å². The third kappa shape index (κ3) is 3.06. The number of nitrogens with zero attached hydrogens (tertiary/aromatic N) is 2. The van der Waals surface area contributed by atoms with E-state index in [0.717, 1.165) is 11.3 Å². The topological polar surface area (TPSA) is 36.3 Å². The van der Waals surface area contributed by atoms with Crippen molar-refractivity contribution in [3.05, 3.63) is 64.4 Å². The van der Waals surface area contributed by atoms with Crippen LogP contribution in [0.3, 0.4) is 0 Å². The molecule has 1 aliphatic heterocycles. The van der Waals surface area contributed by atoms with Gasteiger partial charge in [0, 0.05) is 18.1 Å². The molecular weight excluding hydrogens is 303 g/mol. The van der Waals surface area contributed by atoms with Crippen LogP contribution in [0.15, 0.2) is 42.5 Å². The van der Waals surface area contributed by atoms with Gasteiger partial charge in [0.25, 0.3) is 0 Å². The van der Waals surface area contributed by atoms with E-state index in [1.54, 1.807) is 18.2 Å². The fourth-order valence-electron chi connectivity index (χ4n) is 2.65. The van der Waals surface area contributed by atoms with Crippen LogP contribution in [0.5, 0.6) is 0 Å². The summed E-state index contributed by atoms with van der Waals surface area (Å²) in [5.41, 5.74) is 2.17. The fourth-order valence-corrected chi connectivity index (χ4v) is 2.82. The lowest BCUT2D eigenvalue weighted by Gasteiger charge is -2.35. The molecule has 1 unspecified atom stereocenters. The van der Waals surface area contributed by atoms with Crippen molar-refractivity contribution in [2.45, 2.75) is 6.10 Å². The van der Waals surface area contributed by atoms with Gasteiger partial charge in [0.05, 0.1) is 17.9 Å². The molecule has 2 aromatic carbocycles. The molecule has 0 aliphatic carbocycles. The largest absolute Gasteiger partial charge is 0.370 e. The van der Waals surface area contributed by atoms with Crippen LogP contribution in [-0.4, -0.2) is 19.7 Å². The Morgan fingerprint density at radius 2 is 2.14 bits per heavy atom. The van der Waals surface area contributed by atoms with E-state index >= 15 is 0 Å². The Morgan fingerprint density at radius 1 is 1.27 bits per heavy atom. The molecule has 0 saturated carbocycles. The number of morpholine rings is 1. The van der Waals surface area contributed by atoms with Crippen molar-refractivity contribution < 1.29 is 9.13 Å². The molecule has 3 nitrogen and oxygen atoms in total. The number of halogens is 2. The number of ether oxygens (including phenoxy) is 1. The summed E-state index contributed by atoms with van der Waals surface area (Å²) in [7, 11) is 0. The van der Waals surface area contributed by atoms with Gasteiger partial charge in [-0.3, -0.25) is 0 Å². The Kier molecular flexibility index (Phi) is 4.28. The lowest BCUT2D eigenvalue weighted by Crippen LogP contribution is -2.38. The molecule has 0 aromatic heterocycles. The molecule has 1 saturated heterocycles. The van der Waals surface area contributed by atoms with E-state index in [0.29, 0.717) is 30.3 Å². The van der Waals surface area contributed by atoms with Crippen LogP contribution in [0.2, 0.25) is 5.02 Å². The maximum absolute atomic E-state index is 13.4. The highest BCUT2D eigenvalue weighted by atomic mass is 35.5. The van der Waals surface area contributed by atoms with Crippen LogP contribution in [0.25, 0.3) is 0 Å². The lowest BCUT2D eigenvalue weighted by molar-refractivity contribution is 0.0396. The van der Waals surface area contributed by atoms with Gasteiger partial charge in [-0.25, -0.2) is 4.39 Å². The van der Waals surface area contributed by atoms with Gasteiger partial charge in [-0.2, -0.15) is 5.26 Å². The summed E-state index contributed by atoms with van der Waals surface area (Å²) >= 11 is 5.94. The Balaban J connectivity index is 1.86. The summed E-state index contributed by atoms with van der Waals surface area (Å²) in [4.78, 5) is 2.08. The molecular formula is C17H14ClFN2O. The molecule has 0 N–H and O–H groups in total. The quantitative estimate of drug-likeness (QED) is 0.842. The number of benzene rings is 2. The van der Waals surface area contributed by atoms with E-state index in [4.69, 9.17) is 16.3 Å². The Morgan fingerprint density at radius 3 is 2.91 bits per heavy atom. The van der Waals surface area contributed by atoms with Gasteiger partial charge < -0.3 is 9.64 Å². The standard InChI is InChI=1S/C17H14ClFN2O/c18-14-4-5-16(13(8-14)10-20)21-6-7-22-17(11-21)12-2-1-3-15(19)9-12/h1-5,8-9,17H,6-7,11H2. The molecule has 0 bridgehead atoms. The minimum atomic E-state index is -0.276. The summed E-state index contributed by atoms with van der Waals surface area (Å²) in [6.45, 7) is 1.77. The van der Waals surface area contributed by atoms with Gasteiger partial charge >= 0.3 is 0 Å². The zero-order valence-corrected chi connectivity index (χ0v) is 12.6. The number of hydrogen-bond acceptors (Lipinski definition) is 3. The van der Waals surface area contributed by atoms with Crippen molar-refractivity contribution in [3.63, 3.8) is 0 Å². The molecule has 22 heavy (non-hydrogen) atoms. The van der Waals surface area contributed by atoms with Crippen molar-refractivity contribution in [2.24, 2.45) is 0 Å². The molecule has 0 spiro atoms. The predicted molar refractivity (Wildman–Crippen MR) is 83.5 cm³/mol. The highest BCUT2D eigenvalue weighted by Crippen LogP contribution is 2.29. The van der Waals surface area contributed by atoms with E-state index in [2.05, 4.69) is 11.0 Å². The highest BCUT2D eigenvalue weighted by molar-refractivity contribution is 6.30. The van der Waals surface area contributed by atoms with Crippen LogP contribution < -0.4 is 4.90 Å². The smallest absolute Gasteiger partial charge is 0.123 e. The van der Waals surface area contributed by atoms with Crippen molar-refractivity contribution in [3.8, 4) is 6.07 Å². The molecule has 2 aromatic rings. The van der Waals surface area contributed by atoms with Crippen LogP contribution in [0.4, 0.5) is 10.1 Å². The maximum atomic E-state index is 13.4. The molecule has 1 fully saturated rings. The average Bonchev–Trinajstić information content (AvgIpc) is 2.55. The molecule has 1 atom stereocenters. The van der Waals surface area contributed by atoms with Crippen LogP contribution >= 0.6 is 11.6 Å². The first kappa shape index (κ1) is 14.8. The zero-order valence-electron chi connectivity index (χ0n) is 11.8. The molecule has 112 valence electrons. The van der Waals surface area contributed by atoms with Gasteiger partial charge in [-0.15, -0.1) is 0 Å². The first-order valence-corrected chi connectivity index (χ1v) is 7.37. The van der Waals surface area contributed by atoms with Crippen molar-refractivity contribution in [1.29, 1.82) is 5.26 Å². The highest BCUT2D eigenvalue weighted by Gasteiger charge is 2.24. The summed E-state index contributed by atoms with van der Waals surface area (Å²) in [6.07, 6.45) is -0.216. The number of hydrogen-bond donors (Lipinski definition) is 0. The number of nitriles is 1. The van der Waals surface area contributed by atoms with Gasteiger partial charge in [0.15, 0.2) is 0 Å². The van der Waals surface area contributed by atoms with Crippen LogP contribution in [0.1, 0.15) is 17.2 Å². The Hall–Kier alpha value is -2.09. The zero-order chi connectivity index (χ0) is 15.5. The van der Waals surface area contributed by atoms with Gasteiger partial charge in [-0.05, 0) is 35.9 Å². The second kappa shape index (κ2) is 6.35. The van der Waals surface area contributed by atoms with E-state index in [9.17, 15) is 9.65 Å². The van der Waals surface area contributed by atoms with E-state index in [-0.39, 0.29) is 11.9 Å². The second-order valence-electron chi connectivity index (χ2n) is 5.13. The molecule has 3 rings (SSSR count). The van der Waals surface area contributed by atoms with Crippen molar-refractivity contribution in [2.75, 3.05) is 24.6 Å². The van der Waals surface area contributed by atoms with Crippen LogP contribution in [-0.2, 0) is 4.74 Å². The Labute approximate surface area is 133 Å². The molecule has 5 heteroatoms. The first-order valence-electron chi connectivity index (χ1n) is 6.99. The molecule has 0 radical (unpaired) electrons. The van der Waals surface area contributed by atoms with E-state index in [1.807, 2.05) is 12.1 Å². The van der Waals surface area contributed by atoms with Crippen molar-refractivity contribution >= 4 is 17.3 Å². The monoisotopic (exact) mass is 316 g/mol.